The van der Waals surface area contributed by atoms with Crippen molar-refractivity contribution in [2.75, 3.05) is 13.7 Å². The van der Waals surface area contributed by atoms with E-state index >= 15 is 0 Å². The average molecular weight is 367 g/mol. The van der Waals surface area contributed by atoms with Crippen LogP contribution in [0, 0.1) is 10.1 Å². The predicted molar refractivity (Wildman–Crippen MR) is 98.6 cm³/mol. The monoisotopic (exact) mass is 367 g/mol. The fraction of sp³-hybridized carbons (Fsp3) is 0.158. The van der Waals surface area contributed by atoms with E-state index in [0.717, 1.165) is 0 Å². The minimum atomic E-state index is -0.556. The number of H-pyrrole nitrogens is 1. The van der Waals surface area contributed by atoms with Crippen molar-refractivity contribution >= 4 is 11.7 Å². The maximum absolute atomic E-state index is 12.4. The number of carbonyl (C=O) groups is 1. The molecule has 2 aromatic carbocycles. The van der Waals surface area contributed by atoms with Crippen LogP contribution in [0.25, 0.3) is 22.6 Å². The van der Waals surface area contributed by atoms with Gasteiger partial charge in [0.1, 0.15) is 17.3 Å². The number of rotatable bonds is 6. The number of benzene rings is 2. The minimum absolute atomic E-state index is 0.0653. The van der Waals surface area contributed by atoms with Crippen LogP contribution in [0.5, 0.6) is 5.75 Å². The van der Waals surface area contributed by atoms with Crippen LogP contribution in [-0.4, -0.2) is 34.6 Å². The van der Waals surface area contributed by atoms with E-state index in [0.29, 0.717) is 28.4 Å². The second kappa shape index (κ2) is 7.69. The van der Waals surface area contributed by atoms with Gasteiger partial charge in [0.2, 0.25) is 0 Å². The molecule has 0 amide bonds. The molecule has 3 aromatic rings. The van der Waals surface area contributed by atoms with Gasteiger partial charge in [-0.2, -0.15) is 0 Å². The summed E-state index contributed by atoms with van der Waals surface area (Å²) < 4.78 is 10.3. The molecule has 0 aliphatic heterocycles. The van der Waals surface area contributed by atoms with Crippen LogP contribution in [0.1, 0.15) is 17.4 Å². The molecule has 0 fully saturated rings. The van der Waals surface area contributed by atoms with Crippen molar-refractivity contribution in [2.24, 2.45) is 0 Å². The number of hydrogen-bond donors (Lipinski definition) is 1. The number of aromatic nitrogens is 2. The third-order valence-electron chi connectivity index (χ3n) is 3.86. The second-order valence-corrected chi connectivity index (χ2v) is 5.57. The summed E-state index contributed by atoms with van der Waals surface area (Å²) in [5.74, 6) is 0.390. The highest BCUT2D eigenvalue weighted by molar-refractivity contribution is 5.95. The van der Waals surface area contributed by atoms with Crippen molar-refractivity contribution < 1.29 is 19.2 Å². The SMILES string of the molecule is CCOC(=O)c1[nH]c(-c2cccc([N+](=O)[O-])c2)nc1-c1cccc(OC)c1. The first-order valence-corrected chi connectivity index (χ1v) is 8.20. The smallest absolute Gasteiger partial charge is 0.357 e. The Hall–Kier alpha value is -3.68. The van der Waals surface area contributed by atoms with Gasteiger partial charge in [-0.25, -0.2) is 9.78 Å². The van der Waals surface area contributed by atoms with E-state index in [2.05, 4.69) is 9.97 Å². The highest BCUT2D eigenvalue weighted by Gasteiger charge is 2.21. The van der Waals surface area contributed by atoms with E-state index in [1.54, 1.807) is 50.4 Å². The molecule has 138 valence electrons. The maximum atomic E-state index is 12.4. The fourth-order valence-corrected chi connectivity index (χ4v) is 2.61. The average Bonchev–Trinajstić information content (AvgIpc) is 3.14. The number of nitrogens with one attached hydrogen (secondary N) is 1. The van der Waals surface area contributed by atoms with Gasteiger partial charge in [0.15, 0.2) is 5.69 Å². The summed E-state index contributed by atoms with van der Waals surface area (Å²) in [6.07, 6.45) is 0. The van der Waals surface area contributed by atoms with Gasteiger partial charge >= 0.3 is 5.97 Å². The summed E-state index contributed by atoms with van der Waals surface area (Å²) in [4.78, 5) is 30.4. The van der Waals surface area contributed by atoms with Crippen LogP contribution in [0.15, 0.2) is 48.5 Å². The van der Waals surface area contributed by atoms with Crippen LogP contribution in [0.3, 0.4) is 0 Å². The molecule has 0 bridgehead atoms. The molecule has 1 N–H and O–H groups in total. The van der Waals surface area contributed by atoms with Crippen LogP contribution < -0.4 is 4.74 Å². The van der Waals surface area contributed by atoms with E-state index < -0.39 is 10.9 Å². The summed E-state index contributed by atoms with van der Waals surface area (Å²) >= 11 is 0. The number of aromatic amines is 1. The van der Waals surface area contributed by atoms with E-state index in [-0.39, 0.29) is 18.0 Å². The molecule has 1 aromatic heterocycles. The minimum Gasteiger partial charge on any atom is -0.497 e. The van der Waals surface area contributed by atoms with Gasteiger partial charge < -0.3 is 14.5 Å². The lowest BCUT2D eigenvalue weighted by Crippen LogP contribution is -2.06. The Balaban J connectivity index is 2.13. The van der Waals surface area contributed by atoms with Crippen LogP contribution >= 0.6 is 0 Å². The molecular weight excluding hydrogens is 350 g/mol. The highest BCUT2D eigenvalue weighted by Crippen LogP contribution is 2.30. The van der Waals surface area contributed by atoms with Gasteiger partial charge in [-0.15, -0.1) is 0 Å². The zero-order chi connectivity index (χ0) is 19.4. The van der Waals surface area contributed by atoms with Gasteiger partial charge in [-0.1, -0.05) is 24.3 Å². The van der Waals surface area contributed by atoms with Gasteiger partial charge in [0.05, 0.1) is 18.6 Å². The Labute approximate surface area is 154 Å². The number of methoxy groups -OCH3 is 1. The van der Waals surface area contributed by atoms with Crippen molar-refractivity contribution in [2.45, 2.75) is 6.92 Å². The number of ether oxygens (including phenoxy) is 2. The normalized spacial score (nSPS) is 10.4. The van der Waals surface area contributed by atoms with Crippen LogP contribution in [0.4, 0.5) is 5.69 Å². The van der Waals surface area contributed by atoms with Crippen LogP contribution in [-0.2, 0) is 4.74 Å². The highest BCUT2D eigenvalue weighted by atomic mass is 16.6. The molecule has 0 atom stereocenters. The Morgan fingerprint density at radius 1 is 1.19 bits per heavy atom. The Morgan fingerprint density at radius 3 is 2.63 bits per heavy atom. The Morgan fingerprint density at radius 2 is 1.93 bits per heavy atom. The zero-order valence-corrected chi connectivity index (χ0v) is 14.8. The summed E-state index contributed by atoms with van der Waals surface area (Å²) in [5.41, 5.74) is 1.64. The molecule has 8 heteroatoms. The Kier molecular flexibility index (Phi) is 5.16. The summed E-state index contributed by atoms with van der Waals surface area (Å²) in [6.45, 7) is 1.92. The van der Waals surface area contributed by atoms with E-state index in [4.69, 9.17) is 9.47 Å². The number of non-ortho nitro benzene ring substituents is 1. The van der Waals surface area contributed by atoms with Crippen molar-refractivity contribution in [1.82, 2.24) is 9.97 Å². The number of carbonyl (C=O) groups excluding carboxylic acids is 1. The first-order chi connectivity index (χ1) is 13.0. The summed E-state index contributed by atoms with van der Waals surface area (Å²) in [6, 6.07) is 13.1. The summed E-state index contributed by atoms with van der Waals surface area (Å²) in [7, 11) is 1.55. The standard InChI is InChI=1S/C19H17N3O5/c1-3-27-19(23)17-16(12-6-5-9-15(11-12)26-2)20-18(21-17)13-7-4-8-14(10-13)22(24)25/h4-11H,3H2,1-2H3,(H,20,21). The first-order valence-electron chi connectivity index (χ1n) is 8.20. The molecule has 0 aliphatic rings. The third-order valence-corrected chi connectivity index (χ3v) is 3.86. The number of nitrogens with zero attached hydrogens (tertiary/aromatic N) is 2. The zero-order valence-electron chi connectivity index (χ0n) is 14.8. The van der Waals surface area contributed by atoms with E-state index in [1.165, 1.54) is 12.1 Å². The maximum Gasteiger partial charge on any atom is 0.357 e. The van der Waals surface area contributed by atoms with Crippen molar-refractivity contribution in [3.8, 4) is 28.4 Å². The number of esters is 1. The lowest BCUT2D eigenvalue weighted by atomic mass is 10.1. The molecule has 0 radical (unpaired) electrons. The molecule has 3 rings (SSSR count). The van der Waals surface area contributed by atoms with Crippen molar-refractivity contribution in [1.29, 1.82) is 0 Å². The largest absolute Gasteiger partial charge is 0.497 e. The lowest BCUT2D eigenvalue weighted by Gasteiger charge is -2.04. The number of hydrogen-bond acceptors (Lipinski definition) is 6. The molecule has 0 aliphatic carbocycles. The van der Waals surface area contributed by atoms with E-state index in [9.17, 15) is 14.9 Å². The summed E-state index contributed by atoms with van der Waals surface area (Å²) in [5, 5.41) is 11.0. The lowest BCUT2D eigenvalue weighted by molar-refractivity contribution is -0.384. The van der Waals surface area contributed by atoms with Gasteiger partial charge in [-0.05, 0) is 19.1 Å². The molecule has 27 heavy (non-hydrogen) atoms. The Bertz CT molecular complexity index is 997. The van der Waals surface area contributed by atoms with Gasteiger partial charge in [0.25, 0.3) is 5.69 Å². The van der Waals surface area contributed by atoms with Crippen molar-refractivity contribution in [3.05, 3.63) is 64.3 Å². The topological polar surface area (TPSA) is 107 Å². The molecule has 0 spiro atoms. The van der Waals surface area contributed by atoms with Crippen LogP contribution in [0.2, 0.25) is 0 Å². The quantitative estimate of drug-likeness (QED) is 0.403. The molecule has 8 nitrogen and oxygen atoms in total. The molecule has 0 saturated heterocycles. The van der Waals surface area contributed by atoms with E-state index in [1.807, 2.05) is 0 Å². The third kappa shape index (κ3) is 3.79. The van der Waals surface area contributed by atoms with Gasteiger partial charge in [-0.3, -0.25) is 10.1 Å². The molecular formula is C19H17N3O5. The number of nitro groups is 1. The first kappa shape index (κ1) is 18.1. The second-order valence-electron chi connectivity index (χ2n) is 5.57. The van der Waals surface area contributed by atoms with Crippen molar-refractivity contribution in [3.63, 3.8) is 0 Å². The molecule has 0 unspecified atom stereocenters. The predicted octanol–water partition coefficient (Wildman–Crippen LogP) is 3.84. The fourth-order valence-electron chi connectivity index (χ4n) is 2.61. The number of imidazole rings is 1. The number of nitro benzene ring substituents is 1. The van der Waals surface area contributed by atoms with Gasteiger partial charge in [0, 0.05) is 23.3 Å². The molecule has 0 saturated carbocycles. The molecule has 1 heterocycles.